The Kier molecular flexibility index (Phi) is 8.03. The molecule has 0 aliphatic rings. The normalized spacial score (nSPS) is 10.8. The summed E-state index contributed by atoms with van der Waals surface area (Å²) in [6, 6.07) is 34.3. The van der Waals surface area contributed by atoms with Crippen molar-refractivity contribution >= 4 is 45.4 Å². The first-order valence-electron chi connectivity index (χ1n) is 14.6. The van der Waals surface area contributed by atoms with E-state index in [1.165, 1.54) is 25.0 Å². The van der Waals surface area contributed by atoms with Gasteiger partial charge < -0.3 is 10.3 Å². The number of hydrogen-bond acceptors (Lipinski definition) is 7. The molecule has 0 aliphatic carbocycles. The number of rotatable bonds is 9. The van der Waals surface area contributed by atoms with Crippen LogP contribution in [-0.2, 0) is 9.59 Å². The predicted octanol–water partition coefficient (Wildman–Crippen LogP) is 8.27. The second-order valence-corrected chi connectivity index (χ2v) is 11.0. The van der Waals surface area contributed by atoms with Crippen LogP contribution in [0.4, 0.5) is 17.2 Å². The second-order valence-electron chi connectivity index (χ2n) is 11.0. The minimum atomic E-state index is -0.393. The Morgan fingerprint density at radius 1 is 0.711 bits per heavy atom. The third-order valence-corrected chi connectivity index (χ3v) is 7.75. The lowest BCUT2D eigenvalue weighted by Gasteiger charge is -2.15. The topological polar surface area (TPSA) is 112 Å². The van der Waals surface area contributed by atoms with Gasteiger partial charge in [-0.1, -0.05) is 60.7 Å². The lowest BCUT2D eigenvalue weighted by atomic mass is 9.97. The molecule has 2 heterocycles. The van der Waals surface area contributed by atoms with E-state index in [0.29, 0.717) is 11.5 Å². The fraction of sp³-hybridized carbons (Fsp3) is 0.108. The molecule has 0 unspecified atom stereocenters. The molecule has 0 bridgehead atoms. The first kappa shape index (κ1) is 29.2. The summed E-state index contributed by atoms with van der Waals surface area (Å²) in [6.07, 6.45) is 0. The Morgan fingerprint density at radius 2 is 1.40 bits per heavy atom. The zero-order valence-corrected chi connectivity index (χ0v) is 25.5. The van der Waals surface area contributed by atoms with E-state index in [2.05, 4.69) is 88.3 Å². The number of aryl methyl sites for hydroxylation is 2. The molecule has 0 amide bonds. The fourth-order valence-corrected chi connectivity index (χ4v) is 5.25. The molecule has 45 heavy (non-hydrogen) atoms. The van der Waals surface area contributed by atoms with Gasteiger partial charge in [0.2, 0.25) is 0 Å². The SMILES string of the molecule is CC(=O)C(=NNc1ccc(Nc2nnc(-c3ccc(C)c(C)c3)cc2-c2c(-c3ccccc3)[nH]c3ccccc23)cc1)C(C)=O. The molecule has 0 fully saturated rings. The standard InChI is InChI=1S/C37H32N6O2/c1-22-14-15-27(20-23(22)2)33-21-31(34-30-12-8-9-13-32(30)39-36(34)26-10-6-5-7-11-26)37(43-41-33)38-28-16-18-29(19-17-28)40-42-35(24(3)44)25(4)45/h5-21,39-40H,1-4H3,(H,38,43). The number of aromatic amines is 1. The summed E-state index contributed by atoms with van der Waals surface area (Å²) in [5, 5.41) is 17.9. The van der Waals surface area contributed by atoms with Crippen LogP contribution in [0.3, 0.4) is 0 Å². The van der Waals surface area contributed by atoms with Crippen LogP contribution < -0.4 is 10.7 Å². The third-order valence-electron chi connectivity index (χ3n) is 7.75. The number of fused-ring (bicyclic) bond motifs is 1. The first-order chi connectivity index (χ1) is 21.8. The smallest absolute Gasteiger partial charge is 0.183 e. The van der Waals surface area contributed by atoms with Gasteiger partial charge in [-0.25, -0.2) is 0 Å². The van der Waals surface area contributed by atoms with E-state index in [1.807, 2.05) is 42.5 Å². The summed E-state index contributed by atoms with van der Waals surface area (Å²) in [6.45, 7) is 6.83. The van der Waals surface area contributed by atoms with Gasteiger partial charge in [-0.2, -0.15) is 5.10 Å². The van der Waals surface area contributed by atoms with Crippen molar-refractivity contribution in [2.75, 3.05) is 10.7 Å². The number of nitrogens with one attached hydrogen (secondary N) is 3. The number of carbonyl (C=O) groups excluding carboxylic acids is 2. The average Bonchev–Trinajstić information content (AvgIpc) is 3.43. The molecule has 222 valence electrons. The van der Waals surface area contributed by atoms with E-state index >= 15 is 0 Å². The largest absolute Gasteiger partial charge is 0.354 e. The number of nitrogens with zero attached hydrogens (tertiary/aromatic N) is 3. The van der Waals surface area contributed by atoms with Crippen molar-refractivity contribution in [1.82, 2.24) is 15.2 Å². The van der Waals surface area contributed by atoms with E-state index in [9.17, 15) is 9.59 Å². The van der Waals surface area contributed by atoms with Gasteiger partial charge in [0.05, 0.1) is 17.1 Å². The number of aromatic nitrogens is 3. The number of carbonyl (C=O) groups is 2. The van der Waals surface area contributed by atoms with Crippen molar-refractivity contribution in [2.24, 2.45) is 5.10 Å². The lowest BCUT2D eigenvalue weighted by molar-refractivity contribution is -0.114. The van der Waals surface area contributed by atoms with Crippen LogP contribution in [0, 0.1) is 13.8 Å². The van der Waals surface area contributed by atoms with Gasteiger partial charge in [-0.05, 0) is 73.0 Å². The average molecular weight is 593 g/mol. The molecular formula is C37H32N6O2. The summed E-state index contributed by atoms with van der Waals surface area (Å²) in [5.41, 5.74) is 13.2. The maximum Gasteiger partial charge on any atom is 0.183 e. The highest BCUT2D eigenvalue weighted by molar-refractivity contribution is 6.65. The van der Waals surface area contributed by atoms with Crippen LogP contribution in [-0.4, -0.2) is 32.5 Å². The molecule has 6 rings (SSSR count). The van der Waals surface area contributed by atoms with Crippen molar-refractivity contribution in [3.8, 4) is 33.6 Å². The molecule has 0 atom stereocenters. The van der Waals surface area contributed by atoms with Crippen molar-refractivity contribution in [2.45, 2.75) is 27.7 Å². The second kappa shape index (κ2) is 12.4. The molecule has 8 nitrogen and oxygen atoms in total. The molecule has 4 aromatic carbocycles. The zero-order chi connectivity index (χ0) is 31.5. The predicted molar refractivity (Wildman–Crippen MR) is 182 cm³/mol. The van der Waals surface area contributed by atoms with Gasteiger partial charge in [0, 0.05) is 47.1 Å². The molecule has 3 N–H and O–H groups in total. The maximum atomic E-state index is 11.7. The van der Waals surface area contributed by atoms with Crippen LogP contribution in [0.25, 0.3) is 44.5 Å². The minimum Gasteiger partial charge on any atom is -0.354 e. The summed E-state index contributed by atoms with van der Waals surface area (Å²) < 4.78 is 0. The Morgan fingerprint density at radius 3 is 2.11 bits per heavy atom. The van der Waals surface area contributed by atoms with Gasteiger partial charge in [-0.3, -0.25) is 15.0 Å². The van der Waals surface area contributed by atoms with E-state index in [0.717, 1.165) is 50.2 Å². The number of ketones is 2. The number of benzene rings is 4. The van der Waals surface area contributed by atoms with Crippen LogP contribution in [0.1, 0.15) is 25.0 Å². The summed E-state index contributed by atoms with van der Waals surface area (Å²) in [7, 11) is 0. The highest BCUT2D eigenvalue weighted by Crippen LogP contribution is 2.42. The minimum absolute atomic E-state index is 0.131. The van der Waals surface area contributed by atoms with Crippen molar-refractivity contribution < 1.29 is 9.59 Å². The van der Waals surface area contributed by atoms with Gasteiger partial charge >= 0.3 is 0 Å². The van der Waals surface area contributed by atoms with Crippen molar-refractivity contribution in [3.05, 3.63) is 114 Å². The van der Waals surface area contributed by atoms with Crippen LogP contribution in [0.2, 0.25) is 0 Å². The Balaban J connectivity index is 1.46. The highest BCUT2D eigenvalue weighted by Gasteiger charge is 2.21. The Hall–Kier alpha value is -5.89. The molecule has 8 heteroatoms. The number of anilines is 3. The number of hydrogen-bond donors (Lipinski definition) is 3. The van der Waals surface area contributed by atoms with Crippen molar-refractivity contribution in [1.29, 1.82) is 0 Å². The number of para-hydroxylation sites is 1. The number of Topliss-reactive ketones (excluding diaryl/α,β-unsaturated/α-hetero) is 2. The van der Waals surface area contributed by atoms with Crippen LogP contribution in [0.5, 0.6) is 0 Å². The van der Waals surface area contributed by atoms with Gasteiger partial charge in [0.15, 0.2) is 23.1 Å². The van der Waals surface area contributed by atoms with Gasteiger partial charge in [0.25, 0.3) is 0 Å². The monoisotopic (exact) mass is 592 g/mol. The summed E-state index contributed by atoms with van der Waals surface area (Å²) in [5.74, 6) is -0.190. The number of H-pyrrole nitrogens is 1. The Bertz CT molecular complexity index is 2060. The maximum absolute atomic E-state index is 11.7. The highest BCUT2D eigenvalue weighted by atomic mass is 16.1. The summed E-state index contributed by atoms with van der Waals surface area (Å²) >= 11 is 0. The van der Waals surface area contributed by atoms with E-state index in [4.69, 9.17) is 5.10 Å². The lowest BCUT2D eigenvalue weighted by Crippen LogP contribution is -2.20. The Labute approximate surface area is 261 Å². The molecule has 0 saturated heterocycles. The third kappa shape index (κ3) is 6.12. The molecule has 0 spiro atoms. The summed E-state index contributed by atoms with van der Waals surface area (Å²) in [4.78, 5) is 27.1. The molecule has 6 aromatic rings. The fourth-order valence-electron chi connectivity index (χ4n) is 5.25. The molecule has 0 aliphatic heterocycles. The van der Waals surface area contributed by atoms with Crippen LogP contribution in [0.15, 0.2) is 108 Å². The van der Waals surface area contributed by atoms with E-state index in [-0.39, 0.29) is 5.71 Å². The van der Waals surface area contributed by atoms with Gasteiger partial charge in [-0.15, -0.1) is 10.2 Å². The number of hydrazone groups is 1. The molecular weight excluding hydrogens is 560 g/mol. The quantitative estimate of drug-likeness (QED) is 0.0885. The van der Waals surface area contributed by atoms with Gasteiger partial charge in [0.1, 0.15) is 0 Å². The van der Waals surface area contributed by atoms with E-state index in [1.54, 1.807) is 12.1 Å². The zero-order valence-electron chi connectivity index (χ0n) is 25.5. The van der Waals surface area contributed by atoms with Crippen LogP contribution >= 0.6 is 0 Å². The molecule has 2 aromatic heterocycles. The molecule has 0 radical (unpaired) electrons. The van der Waals surface area contributed by atoms with E-state index < -0.39 is 11.6 Å². The first-order valence-corrected chi connectivity index (χ1v) is 14.6. The molecule has 0 saturated carbocycles. The van der Waals surface area contributed by atoms with Crippen molar-refractivity contribution in [3.63, 3.8) is 0 Å².